The Morgan fingerprint density at radius 3 is 2.57 bits per heavy atom. The van der Waals surface area contributed by atoms with Crippen LogP contribution in [0.3, 0.4) is 0 Å². The third-order valence-corrected chi connectivity index (χ3v) is 4.17. The monoisotopic (exact) mass is 318 g/mol. The SMILES string of the molecule is Cc1ccc(S(=O)(=O)N[C@H](CCO)C(=O)O)cc1[N+](=O)[O-]. The number of aliphatic hydroxyl groups is 1. The summed E-state index contributed by atoms with van der Waals surface area (Å²) in [5.41, 5.74) is -0.101. The fraction of sp³-hybridized carbons (Fsp3) is 0.364. The lowest BCUT2D eigenvalue weighted by Gasteiger charge is -2.13. The minimum absolute atomic E-state index is 0.282. The maximum Gasteiger partial charge on any atom is 0.321 e. The summed E-state index contributed by atoms with van der Waals surface area (Å²) in [6, 6.07) is 1.74. The van der Waals surface area contributed by atoms with Crippen LogP contribution in [-0.4, -0.2) is 42.2 Å². The molecule has 116 valence electrons. The van der Waals surface area contributed by atoms with E-state index < -0.39 is 38.5 Å². The average molecular weight is 318 g/mol. The molecular weight excluding hydrogens is 304 g/mol. The van der Waals surface area contributed by atoms with Crippen LogP contribution in [0.15, 0.2) is 23.1 Å². The average Bonchev–Trinajstić information content (AvgIpc) is 2.37. The fourth-order valence-electron chi connectivity index (χ4n) is 1.57. The van der Waals surface area contributed by atoms with Crippen molar-refractivity contribution >= 4 is 21.7 Å². The third-order valence-electron chi connectivity index (χ3n) is 2.70. The number of nitrogens with one attached hydrogen (secondary N) is 1. The Balaban J connectivity index is 3.16. The lowest BCUT2D eigenvalue weighted by atomic mass is 10.2. The first kappa shape index (κ1) is 17.0. The molecule has 0 spiro atoms. The largest absolute Gasteiger partial charge is 0.480 e. The third kappa shape index (κ3) is 4.21. The molecule has 0 radical (unpaired) electrons. The number of aliphatic hydroxyl groups excluding tert-OH is 1. The van der Waals surface area contributed by atoms with Crippen LogP contribution in [0.2, 0.25) is 0 Å². The molecule has 0 aliphatic rings. The van der Waals surface area contributed by atoms with Gasteiger partial charge in [-0.1, -0.05) is 6.07 Å². The summed E-state index contributed by atoms with van der Waals surface area (Å²) in [4.78, 5) is 20.5. The number of sulfonamides is 1. The van der Waals surface area contributed by atoms with E-state index in [1.165, 1.54) is 13.0 Å². The molecule has 9 nitrogen and oxygen atoms in total. The standard InChI is InChI=1S/C11H14N2O7S/c1-7-2-3-8(6-10(7)13(17)18)21(19,20)12-9(4-5-14)11(15)16/h2-3,6,9,12,14H,4-5H2,1H3,(H,15,16)/t9-/m1/s1. The first-order valence-corrected chi connectivity index (χ1v) is 7.28. The van der Waals surface area contributed by atoms with Gasteiger partial charge in [-0.15, -0.1) is 0 Å². The van der Waals surface area contributed by atoms with Crippen LogP contribution in [0.5, 0.6) is 0 Å². The van der Waals surface area contributed by atoms with Crippen molar-refractivity contribution in [2.75, 3.05) is 6.61 Å². The number of carboxylic acids is 1. The summed E-state index contributed by atoms with van der Waals surface area (Å²) < 4.78 is 25.9. The molecule has 1 aromatic carbocycles. The molecule has 0 aliphatic carbocycles. The van der Waals surface area contributed by atoms with Crippen LogP contribution in [0.4, 0.5) is 5.69 Å². The van der Waals surface area contributed by atoms with E-state index in [1.807, 2.05) is 4.72 Å². The van der Waals surface area contributed by atoms with Crippen molar-refractivity contribution in [1.82, 2.24) is 4.72 Å². The lowest BCUT2D eigenvalue weighted by molar-refractivity contribution is -0.385. The van der Waals surface area contributed by atoms with E-state index in [1.54, 1.807) is 0 Å². The van der Waals surface area contributed by atoms with Crippen LogP contribution >= 0.6 is 0 Å². The van der Waals surface area contributed by atoms with E-state index in [-0.39, 0.29) is 17.7 Å². The molecule has 1 atom stereocenters. The number of benzene rings is 1. The summed E-state index contributed by atoms with van der Waals surface area (Å²) in [6.45, 7) is 0.932. The highest BCUT2D eigenvalue weighted by Crippen LogP contribution is 2.22. The van der Waals surface area contributed by atoms with Crippen molar-refractivity contribution in [2.24, 2.45) is 0 Å². The molecule has 0 aromatic heterocycles. The number of nitrogens with zero attached hydrogens (tertiary/aromatic N) is 1. The molecule has 1 aromatic rings. The Bertz CT molecular complexity index is 657. The van der Waals surface area contributed by atoms with Crippen molar-refractivity contribution in [2.45, 2.75) is 24.3 Å². The first-order chi connectivity index (χ1) is 9.69. The van der Waals surface area contributed by atoms with Gasteiger partial charge >= 0.3 is 5.97 Å². The van der Waals surface area contributed by atoms with Gasteiger partial charge in [0.1, 0.15) is 6.04 Å². The summed E-state index contributed by atoms with van der Waals surface area (Å²) in [6.07, 6.45) is -0.317. The molecule has 0 unspecified atom stereocenters. The van der Waals surface area contributed by atoms with Gasteiger partial charge in [-0.05, 0) is 19.4 Å². The van der Waals surface area contributed by atoms with Crippen LogP contribution in [0.25, 0.3) is 0 Å². The number of nitro benzene ring substituents is 1. The summed E-state index contributed by atoms with van der Waals surface area (Å²) in [5, 5.41) is 28.4. The Hall–Kier alpha value is -2.04. The number of aliphatic carboxylic acids is 1. The number of carbonyl (C=O) groups is 1. The van der Waals surface area contributed by atoms with E-state index in [0.717, 1.165) is 12.1 Å². The first-order valence-electron chi connectivity index (χ1n) is 5.80. The zero-order valence-corrected chi connectivity index (χ0v) is 11.8. The highest BCUT2D eigenvalue weighted by molar-refractivity contribution is 7.89. The van der Waals surface area contributed by atoms with E-state index in [2.05, 4.69) is 0 Å². The fourth-order valence-corrected chi connectivity index (χ4v) is 2.81. The van der Waals surface area contributed by atoms with Crippen molar-refractivity contribution in [3.63, 3.8) is 0 Å². The lowest BCUT2D eigenvalue weighted by Crippen LogP contribution is -2.41. The zero-order valence-electron chi connectivity index (χ0n) is 11.0. The second-order valence-corrected chi connectivity index (χ2v) is 5.94. The van der Waals surface area contributed by atoms with Gasteiger partial charge in [-0.3, -0.25) is 14.9 Å². The van der Waals surface area contributed by atoms with E-state index in [0.29, 0.717) is 0 Å². The number of hydrogen-bond acceptors (Lipinski definition) is 6. The van der Waals surface area contributed by atoms with Crippen molar-refractivity contribution in [1.29, 1.82) is 0 Å². The van der Waals surface area contributed by atoms with E-state index >= 15 is 0 Å². The van der Waals surface area contributed by atoms with Gasteiger partial charge in [0.15, 0.2) is 0 Å². The quantitative estimate of drug-likeness (QED) is 0.474. The smallest absolute Gasteiger partial charge is 0.321 e. The molecule has 0 amide bonds. The number of nitro groups is 1. The minimum Gasteiger partial charge on any atom is -0.480 e. The Labute approximate surface area is 120 Å². The number of hydrogen-bond donors (Lipinski definition) is 3. The van der Waals surface area contributed by atoms with Gasteiger partial charge in [0, 0.05) is 18.2 Å². The van der Waals surface area contributed by atoms with Crippen LogP contribution in [0, 0.1) is 17.0 Å². The summed E-state index contributed by atoms with van der Waals surface area (Å²) in [5.74, 6) is -1.45. The van der Waals surface area contributed by atoms with Gasteiger partial charge in [-0.2, -0.15) is 4.72 Å². The minimum atomic E-state index is -4.25. The van der Waals surface area contributed by atoms with Crippen molar-refractivity contribution in [3.8, 4) is 0 Å². The molecular formula is C11H14N2O7S. The number of carboxylic acid groups (broad SMARTS) is 1. The zero-order chi connectivity index (χ0) is 16.2. The molecule has 0 saturated heterocycles. The van der Waals surface area contributed by atoms with Gasteiger partial charge in [-0.25, -0.2) is 8.42 Å². The van der Waals surface area contributed by atoms with E-state index in [9.17, 15) is 23.3 Å². The second-order valence-electron chi connectivity index (χ2n) is 4.23. The van der Waals surface area contributed by atoms with E-state index in [4.69, 9.17) is 10.2 Å². The number of rotatable bonds is 7. The molecule has 0 heterocycles. The Morgan fingerprint density at radius 1 is 1.48 bits per heavy atom. The molecule has 1 rings (SSSR count). The predicted molar refractivity (Wildman–Crippen MR) is 71.3 cm³/mol. The summed E-state index contributed by atoms with van der Waals surface area (Å²) >= 11 is 0. The van der Waals surface area contributed by atoms with Crippen LogP contribution in [-0.2, 0) is 14.8 Å². The molecule has 0 bridgehead atoms. The Morgan fingerprint density at radius 2 is 2.10 bits per heavy atom. The highest BCUT2D eigenvalue weighted by atomic mass is 32.2. The molecule has 10 heteroatoms. The summed E-state index contributed by atoms with van der Waals surface area (Å²) in [7, 11) is -4.25. The topological polar surface area (TPSA) is 147 Å². The van der Waals surface area contributed by atoms with Crippen molar-refractivity contribution in [3.05, 3.63) is 33.9 Å². The van der Waals surface area contributed by atoms with Crippen LogP contribution < -0.4 is 4.72 Å². The molecule has 3 N–H and O–H groups in total. The normalized spacial score (nSPS) is 12.9. The second kappa shape index (κ2) is 6.61. The van der Waals surface area contributed by atoms with Crippen molar-refractivity contribution < 1.29 is 28.3 Å². The molecule has 21 heavy (non-hydrogen) atoms. The van der Waals surface area contributed by atoms with Crippen LogP contribution in [0.1, 0.15) is 12.0 Å². The molecule has 0 aliphatic heterocycles. The maximum absolute atomic E-state index is 12.0. The van der Waals surface area contributed by atoms with Gasteiger partial charge in [0.25, 0.3) is 5.69 Å². The van der Waals surface area contributed by atoms with Gasteiger partial charge in [0.2, 0.25) is 10.0 Å². The van der Waals surface area contributed by atoms with Gasteiger partial charge < -0.3 is 10.2 Å². The predicted octanol–water partition coefficient (Wildman–Crippen LogP) is 0.0171. The molecule has 0 fully saturated rings. The Kier molecular flexibility index (Phi) is 5.35. The number of aryl methyl sites for hydroxylation is 1. The van der Waals surface area contributed by atoms with Gasteiger partial charge in [0.05, 0.1) is 9.82 Å². The maximum atomic E-state index is 12.0. The molecule has 0 saturated carbocycles. The highest BCUT2D eigenvalue weighted by Gasteiger charge is 2.26.